The molecular formula is C2H6N2S2. The van der Waals surface area contributed by atoms with Gasteiger partial charge in [0.15, 0.2) is 5.11 Å². The van der Waals surface area contributed by atoms with Gasteiger partial charge in [-0.05, 0) is 12.2 Å². The van der Waals surface area contributed by atoms with Crippen molar-refractivity contribution in [3.05, 3.63) is 0 Å². The maximum absolute atomic E-state index is 5.00. The Balaban J connectivity index is 2.83. The van der Waals surface area contributed by atoms with Crippen molar-refractivity contribution in [1.82, 2.24) is 4.72 Å². The zero-order valence-corrected chi connectivity index (χ0v) is 5.03. The van der Waals surface area contributed by atoms with E-state index in [4.69, 9.17) is 5.73 Å². The third-order valence-corrected chi connectivity index (χ3v) is 0.858. The van der Waals surface area contributed by atoms with Gasteiger partial charge in [0.25, 0.3) is 0 Å². The molecule has 2 nitrogen and oxygen atoms in total. The molecule has 3 N–H and O–H groups in total. The van der Waals surface area contributed by atoms with Crippen molar-refractivity contribution >= 4 is 29.3 Å². The fourth-order valence-corrected chi connectivity index (χ4v) is 0.552. The van der Waals surface area contributed by atoms with Gasteiger partial charge >= 0.3 is 0 Å². The summed E-state index contributed by atoms with van der Waals surface area (Å²) < 4.78 is 2.63. The predicted molar refractivity (Wildman–Crippen MR) is 33.4 cm³/mol. The van der Waals surface area contributed by atoms with Crippen LogP contribution in [0.4, 0.5) is 0 Å². The number of nitrogens with one attached hydrogen (secondary N) is 1. The second kappa shape index (κ2) is 3.24. The number of thiocarbonyl (C=S) groups is 1. The standard InChI is InChI=1S/C2H6N2S2/c1-6-4-2(3)5/h1H3,(H3,3,4,5). The van der Waals surface area contributed by atoms with Gasteiger partial charge in [0.1, 0.15) is 0 Å². The van der Waals surface area contributed by atoms with Gasteiger partial charge in [-0.15, -0.1) is 0 Å². The number of rotatable bonds is 1. The van der Waals surface area contributed by atoms with Gasteiger partial charge in [-0.3, -0.25) is 0 Å². The summed E-state index contributed by atoms with van der Waals surface area (Å²) in [6, 6.07) is 0. The first-order chi connectivity index (χ1) is 2.77. The van der Waals surface area contributed by atoms with E-state index in [9.17, 15) is 0 Å². The molecular weight excluding hydrogens is 116 g/mol. The first-order valence-electron chi connectivity index (χ1n) is 1.36. The van der Waals surface area contributed by atoms with Crippen LogP contribution in [-0.2, 0) is 0 Å². The second-order valence-corrected chi connectivity index (χ2v) is 1.72. The summed E-state index contributed by atoms with van der Waals surface area (Å²) in [6.45, 7) is 0. The summed E-state index contributed by atoms with van der Waals surface area (Å²) in [4.78, 5) is 0. The third-order valence-electron chi connectivity index (χ3n) is 0.203. The lowest BCUT2D eigenvalue weighted by Crippen LogP contribution is -2.21. The van der Waals surface area contributed by atoms with E-state index in [1.807, 2.05) is 6.26 Å². The van der Waals surface area contributed by atoms with E-state index in [1.165, 1.54) is 11.9 Å². The first-order valence-corrected chi connectivity index (χ1v) is 2.99. The molecule has 0 aromatic carbocycles. The summed E-state index contributed by atoms with van der Waals surface area (Å²) in [5.41, 5.74) is 5.00. The van der Waals surface area contributed by atoms with E-state index in [0.29, 0.717) is 5.11 Å². The Morgan fingerprint density at radius 2 is 2.50 bits per heavy atom. The van der Waals surface area contributed by atoms with Crippen molar-refractivity contribution in [3.63, 3.8) is 0 Å². The molecule has 0 saturated heterocycles. The minimum absolute atomic E-state index is 0.336. The molecule has 0 saturated carbocycles. The van der Waals surface area contributed by atoms with Crippen LogP contribution in [0.25, 0.3) is 0 Å². The zero-order valence-electron chi connectivity index (χ0n) is 3.39. The molecule has 0 atom stereocenters. The summed E-state index contributed by atoms with van der Waals surface area (Å²) in [5.74, 6) is 0. The van der Waals surface area contributed by atoms with Crippen LogP contribution in [-0.4, -0.2) is 11.4 Å². The van der Waals surface area contributed by atoms with E-state index in [0.717, 1.165) is 0 Å². The second-order valence-electron chi connectivity index (χ2n) is 0.670. The topological polar surface area (TPSA) is 38.0 Å². The molecule has 6 heavy (non-hydrogen) atoms. The smallest absolute Gasteiger partial charge is 0.173 e. The molecule has 0 aromatic rings. The summed E-state index contributed by atoms with van der Waals surface area (Å²) >= 11 is 5.83. The number of hydrogen-bond acceptors (Lipinski definition) is 2. The lowest BCUT2D eigenvalue weighted by atomic mass is 11.3. The van der Waals surface area contributed by atoms with Gasteiger partial charge in [-0.1, -0.05) is 11.9 Å². The van der Waals surface area contributed by atoms with Crippen LogP contribution in [0.3, 0.4) is 0 Å². The molecule has 0 amide bonds. The molecule has 0 radical (unpaired) electrons. The molecule has 0 aromatic heterocycles. The largest absolute Gasteiger partial charge is 0.376 e. The van der Waals surface area contributed by atoms with Crippen molar-refractivity contribution in [3.8, 4) is 0 Å². The monoisotopic (exact) mass is 122 g/mol. The molecule has 0 spiro atoms. The minimum Gasteiger partial charge on any atom is -0.376 e. The van der Waals surface area contributed by atoms with Crippen LogP contribution in [0.2, 0.25) is 0 Å². The molecule has 36 valence electrons. The molecule has 0 aliphatic carbocycles. The average molecular weight is 122 g/mol. The van der Waals surface area contributed by atoms with E-state index in [1.54, 1.807) is 0 Å². The molecule has 0 unspecified atom stereocenters. The van der Waals surface area contributed by atoms with Gasteiger partial charge in [0.2, 0.25) is 0 Å². The highest BCUT2D eigenvalue weighted by molar-refractivity contribution is 7.98. The first kappa shape index (κ1) is 6.04. The summed E-state index contributed by atoms with van der Waals surface area (Å²) in [7, 11) is 0. The zero-order chi connectivity index (χ0) is 4.99. The molecule has 0 rings (SSSR count). The van der Waals surface area contributed by atoms with E-state index < -0.39 is 0 Å². The van der Waals surface area contributed by atoms with Crippen molar-refractivity contribution in [1.29, 1.82) is 0 Å². The van der Waals surface area contributed by atoms with Crippen molar-refractivity contribution in [2.45, 2.75) is 0 Å². The Morgan fingerprint density at radius 3 is 2.50 bits per heavy atom. The molecule has 0 heterocycles. The van der Waals surface area contributed by atoms with Gasteiger partial charge in [0, 0.05) is 6.26 Å². The maximum atomic E-state index is 5.00. The van der Waals surface area contributed by atoms with Crippen LogP contribution in [0.15, 0.2) is 0 Å². The van der Waals surface area contributed by atoms with Gasteiger partial charge in [0.05, 0.1) is 0 Å². The van der Waals surface area contributed by atoms with Crippen LogP contribution in [0, 0.1) is 0 Å². The lowest BCUT2D eigenvalue weighted by molar-refractivity contribution is 1.51. The fourth-order valence-electron chi connectivity index (χ4n) is 0.101. The number of hydrogen-bond donors (Lipinski definition) is 2. The van der Waals surface area contributed by atoms with Crippen molar-refractivity contribution < 1.29 is 0 Å². The van der Waals surface area contributed by atoms with E-state index in [2.05, 4.69) is 16.9 Å². The number of nitrogens with two attached hydrogens (primary N) is 1. The molecule has 4 heteroatoms. The highest BCUT2D eigenvalue weighted by Crippen LogP contribution is 1.76. The van der Waals surface area contributed by atoms with Crippen LogP contribution < -0.4 is 10.5 Å². The summed E-state index contributed by atoms with van der Waals surface area (Å²) in [5, 5.41) is 0.336. The Morgan fingerprint density at radius 1 is 2.00 bits per heavy atom. The van der Waals surface area contributed by atoms with Crippen molar-refractivity contribution in [2.75, 3.05) is 6.26 Å². The van der Waals surface area contributed by atoms with Crippen molar-refractivity contribution in [2.24, 2.45) is 5.73 Å². The average Bonchev–Trinajstić information content (AvgIpc) is 1.35. The molecule has 0 aliphatic rings. The molecule has 0 aliphatic heterocycles. The SMILES string of the molecule is CSNC(N)=S. The van der Waals surface area contributed by atoms with Gasteiger partial charge in [-0.25, -0.2) is 0 Å². The third kappa shape index (κ3) is 4.04. The van der Waals surface area contributed by atoms with E-state index >= 15 is 0 Å². The Labute approximate surface area is 46.6 Å². The highest BCUT2D eigenvalue weighted by atomic mass is 32.2. The van der Waals surface area contributed by atoms with Crippen LogP contribution >= 0.6 is 24.2 Å². The molecule has 0 fully saturated rings. The Hall–Kier alpha value is 0.0400. The van der Waals surface area contributed by atoms with Gasteiger partial charge < -0.3 is 10.5 Å². The van der Waals surface area contributed by atoms with E-state index in [-0.39, 0.29) is 0 Å². The molecule has 0 bridgehead atoms. The lowest BCUT2D eigenvalue weighted by Gasteiger charge is -1.91. The minimum atomic E-state index is 0.336. The predicted octanol–water partition coefficient (Wildman–Crippen LogP) is 0.0976. The quantitative estimate of drug-likeness (QED) is 0.382. The van der Waals surface area contributed by atoms with Crippen LogP contribution in [0.1, 0.15) is 0 Å². The Kier molecular flexibility index (Phi) is 3.26. The maximum Gasteiger partial charge on any atom is 0.173 e. The highest BCUT2D eigenvalue weighted by Gasteiger charge is 1.74. The van der Waals surface area contributed by atoms with Crippen LogP contribution in [0.5, 0.6) is 0 Å². The van der Waals surface area contributed by atoms with Gasteiger partial charge in [-0.2, -0.15) is 0 Å². The summed E-state index contributed by atoms with van der Waals surface area (Å²) in [6.07, 6.45) is 1.86. The Bertz CT molecular complexity index is 53.5. The fraction of sp³-hybridized carbons (Fsp3) is 0.500. The normalized spacial score (nSPS) is 7.50.